The molecule has 2 aromatic rings. The van der Waals surface area contributed by atoms with E-state index >= 15 is 0 Å². The van der Waals surface area contributed by atoms with Gasteiger partial charge in [-0.25, -0.2) is 0 Å². The largest absolute Gasteiger partial charge is 0.299 e. The fourth-order valence-corrected chi connectivity index (χ4v) is 4.93. The van der Waals surface area contributed by atoms with Crippen LogP contribution in [0.1, 0.15) is 49.9 Å². The predicted molar refractivity (Wildman–Crippen MR) is 93.7 cm³/mol. The van der Waals surface area contributed by atoms with E-state index in [2.05, 4.69) is 37.9 Å². The summed E-state index contributed by atoms with van der Waals surface area (Å²) in [6, 6.07) is 4.20. The molecule has 1 fully saturated rings. The number of pyridine rings is 1. The summed E-state index contributed by atoms with van der Waals surface area (Å²) in [7, 11) is 2.02. The van der Waals surface area contributed by atoms with Gasteiger partial charge in [0.1, 0.15) is 5.78 Å². The molecule has 4 nitrogen and oxygen atoms in total. The number of Topliss-reactive ketones (excluding diaryl/α,β-unsaturated/α-hetero) is 1. The van der Waals surface area contributed by atoms with Crippen LogP contribution in [-0.4, -0.2) is 20.5 Å². The molecule has 2 aromatic heterocycles. The summed E-state index contributed by atoms with van der Waals surface area (Å²) >= 11 is 0. The van der Waals surface area contributed by atoms with Crippen molar-refractivity contribution in [1.29, 1.82) is 0 Å². The summed E-state index contributed by atoms with van der Waals surface area (Å²) in [5.41, 5.74) is 5.88. The zero-order valence-electron chi connectivity index (χ0n) is 15.0. The van der Waals surface area contributed by atoms with Crippen LogP contribution >= 0.6 is 0 Å². The van der Waals surface area contributed by atoms with Gasteiger partial charge in [-0.3, -0.25) is 14.5 Å². The van der Waals surface area contributed by atoms with Crippen LogP contribution in [0.4, 0.5) is 0 Å². The van der Waals surface area contributed by atoms with Crippen molar-refractivity contribution in [2.75, 3.05) is 0 Å². The number of aromatic nitrogens is 3. The van der Waals surface area contributed by atoms with Gasteiger partial charge in [-0.15, -0.1) is 0 Å². The minimum Gasteiger partial charge on any atom is -0.299 e. The topological polar surface area (TPSA) is 47.8 Å². The van der Waals surface area contributed by atoms with Gasteiger partial charge in [0.15, 0.2) is 0 Å². The van der Waals surface area contributed by atoms with Crippen LogP contribution in [0.15, 0.2) is 18.3 Å². The molecule has 0 radical (unpaired) electrons. The van der Waals surface area contributed by atoms with E-state index in [9.17, 15) is 4.79 Å². The molecule has 126 valence electrons. The summed E-state index contributed by atoms with van der Waals surface area (Å²) in [4.78, 5) is 16.8. The van der Waals surface area contributed by atoms with Crippen LogP contribution in [-0.2, 0) is 23.7 Å². The lowest BCUT2D eigenvalue weighted by Gasteiger charge is -2.46. The van der Waals surface area contributed by atoms with Crippen molar-refractivity contribution >= 4 is 5.78 Å². The van der Waals surface area contributed by atoms with Gasteiger partial charge < -0.3 is 0 Å². The first kappa shape index (κ1) is 15.6. The number of carbonyl (C=O) groups is 1. The number of fused-ring (bicyclic) bond motifs is 3. The molecule has 0 bridgehead atoms. The van der Waals surface area contributed by atoms with Crippen LogP contribution in [0.5, 0.6) is 0 Å². The number of ketones is 1. The average molecular weight is 323 g/mol. The minimum absolute atomic E-state index is 0.0155. The number of hydrogen-bond donors (Lipinski definition) is 0. The molecule has 0 N–H and O–H groups in total. The average Bonchev–Trinajstić information content (AvgIpc) is 2.90. The zero-order chi connectivity index (χ0) is 17.1. The maximum absolute atomic E-state index is 12.2. The van der Waals surface area contributed by atoms with Gasteiger partial charge in [0.25, 0.3) is 0 Å². The molecule has 24 heavy (non-hydrogen) atoms. The van der Waals surface area contributed by atoms with Gasteiger partial charge in [0.2, 0.25) is 0 Å². The SMILES string of the molecule is Cc1ccc(-c2c3c(nn2C)[C@@]2(C)CCC(=O)[C@@H](C)[C@@H]2CC3)nc1. The molecule has 0 amide bonds. The van der Waals surface area contributed by atoms with Crippen molar-refractivity contribution in [3.05, 3.63) is 35.2 Å². The Kier molecular flexibility index (Phi) is 3.41. The van der Waals surface area contributed by atoms with Gasteiger partial charge >= 0.3 is 0 Å². The molecule has 0 spiro atoms. The van der Waals surface area contributed by atoms with Crippen molar-refractivity contribution in [1.82, 2.24) is 14.8 Å². The number of nitrogens with zero attached hydrogens (tertiary/aromatic N) is 3. The summed E-state index contributed by atoms with van der Waals surface area (Å²) in [6.45, 7) is 6.49. The van der Waals surface area contributed by atoms with Crippen LogP contribution in [0, 0.1) is 18.8 Å². The van der Waals surface area contributed by atoms with E-state index in [1.54, 1.807) is 0 Å². The molecule has 0 aromatic carbocycles. The molecule has 4 rings (SSSR count). The third kappa shape index (κ3) is 2.08. The van der Waals surface area contributed by atoms with E-state index in [1.807, 2.05) is 17.9 Å². The number of rotatable bonds is 1. The normalized spacial score (nSPS) is 29.2. The molecule has 3 atom stereocenters. The van der Waals surface area contributed by atoms with Gasteiger partial charge in [-0.1, -0.05) is 19.9 Å². The quantitative estimate of drug-likeness (QED) is 0.805. The van der Waals surface area contributed by atoms with Gasteiger partial charge in [0.05, 0.1) is 17.1 Å². The van der Waals surface area contributed by atoms with E-state index < -0.39 is 0 Å². The minimum atomic E-state index is 0.0155. The fraction of sp³-hybridized carbons (Fsp3) is 0.550. The molecule has 0 unspecified atom stereocenters. The summed E-state index contributed by atoms with van der Waals surface area (Å²) < 4.78 is 2.00. The van der Waals surface area contributed by atoms with E-state index in [0.29, 0.717) is 18.1 Å². The lowest BCUT2D eigenvalue weighted by atomic mass is 9.56. The summed E-state index contributed by atoms with van der Waals surface area (Å²) in [5, 5.41) is 4.93. The van der Waals surface area contributed by atoms with Crippen molar-refractivity contribution in [3.8, 4) is 11.4 Å². The first-order chi connectivity index (χ1) is 11.4. The third-order valence-electron chi connectivity index (χ3n) is 6.37. The van der Waals surface area contributed by atoms with Crippen LogP contribution in [0.2, 0.25) is 0 Å². The highest BCUT2D eigenvalue weighted by atomic mass is 16.1. The summed E-state index contributed by atoms with van der Waals surface area (Å²) in [6.07, 6.45) is 5.59. The standard InChI is InChI=1S/C20H25N3O/c1-12-5-8-16(21-11-12)18-14-6-7-15-13(2)17(24)9-10-20(15,3)19(14)22-23(18)4/h5,8,11,13,15H,6-7,9-10H2,1-4H3/t13-,15-,20-/m0/s1. The highest BCUT2D eigenvalue weighted by Crippen LogP contribution is 2.52. The second-order valence-corrected chi connectivity index (χ2v) is 7.84. The molecular weight excluding hydrogens is 298 g/mol. The predicted octanol–water partition coefficient (Wildman–Crippen LogP) is 3.61. The van der Waals surface area contributed by atoms with Crippen molar-refractivity contribution in [3.63, 3.8) is 0 Å². The Morgan fingerprint density at radius 2 is 2.08 bits per heavy atom. The Bertz CT molecular complexity index is 805. The second kappa shape index (κ2) is 5.27. The van der Waals surface area contributed by atoms with Gasteiger partial charge in [-0.05, 0) is 43.7 Å². The third-order valence-corrected chi connectivity index (χ3v) is 6.37. The summed E-state index contributed by atoms with van der Waals surface area (Å²) in [5.74, 6) is 0.997. The van der Waals surface area contributed by atoms with Gasteiger partial charge in [-0.2, -0.15) is 5.10 Å². The molecule has 2 aliphatic carbocycles. The maximum Gasteiger partial charge on any atom is 0.136 e. The molecule has 2 heterocycles. The molecule has 2 aliphatic rings. The molecular formula is C20H25N3O. The first-order valence-electron chi connectivity index (χ1n) is 8.94. The van der Waals surface area contributed by atoms with E-state index in [4.69, 9.17) is 5.10 Å². The first-order valence-corrected chi connectivity index (χ1v) is 8.94. The monoisotopic (exact) mass is 323 g/mol. The highest BCUT2D eigenvalue weighted by Gasteiger charge is 2.50. The highest BCUT2D eigenvalue weighted by molar-refractivity contribution is 5.82. The smallest absolute Gasteiger partial charge is 0.136 e. The van der Waals surface area contributed by atoms with Crippen molar-refractivity contribution in [2.24, 2.45) is 18.9 Å². The molecule has 0 saturated heterocycles. The molecule has 1 saturated carbocycles. The zero-order valence-corrected chi connectivity index (χ0v) is 15.0. The van der Waals surface area contributed by atoms with E-state index in [-0.39, 0.29) is 11.3 Å². The number of carbonyl (C=O) groups excluding carboxylic acids is 1. The van der Waals surface area contributed by atoms with Gasteiger partial charge in [0, 0.05) is 36.6 Å². The maximum atomic E-state index is 12.2. The lowest BCUT2D eigenvalue weighted by Crippen LogP contribution is -2.46. The lowest BCUT2D eigenvalue weighted by molar-refractivity contribution is -0.128. The Morgan fingerprint density at radius 1 is 1.29 bits per heavy atom. The number of hydrogen-bond acceptors (Lipinski definition) is 3. The van der Waals surface area contributed by atoms with Crippen LogP contribution < -0.4 is 0 Å². The van der Waals surface area contributed by atoms with E-state index in [1.165, 1.54) is 16.8 Å². The molecule has 4 heteroatoms. The van der Waals surface area contributed by atoms with E-state index in [0.717, 1.165) is 30.7 Å². The Labute approximate surface area is 143 Å². The number of aryl methyl sites for hydroxylation is 2. The van der Waals surface area contributed by atoms with Crippen LogP contribution in [0.25, 0.3) is 11.4 Å². The second-order valence-electron chi connectivity index (χ2n) is 7.84. The fourth-order valence-electron chi connectivity index (χ4n) is 4.93. The van der Waals surface area contributed by atoms with Crippen molar-refractivity contribution in [2.45, 2.75) is 51.9 Å². The Hall–Kier alpha value is -1.97. The van der Waals surface area contributed by atoms with Crippen LogP contribution in [0.3, 0.4) is 0 Å². The Balaban J connectivity index is 1.84. The van der Waals surface area contributed by atoms with Crippen molar-refractivity contribution < 1.29 is 4.79 Å². The molecule has 0 aliphatic heterocycles. The Morgan fingerprint density at radius 3 is 2.79 bits per heavy atom.